The van der Waals surface area contributed by atoms with Gasteiger partial charge in [-0.3, -0.25) is 4.79 Å². The molecule has 0 amide bonds. The molecule has 3 aromatic rings. The minimum atomic E-state index is -0.426. The first kappa shape index (κ1) is 11.7. The molecule has 7 heteroatoms. The Morgan fingerprint density at radius 1 is 1.37 bits per heavy atom. The van der Waals surface area contributed by atoms with Crippen molar-refractivity contribution < 1.29 is 5.11 Å². The van der Waals surface area contributed by atoms with E-state index in [-0.39, 0.29) is 21.5 Å². The number of aromatic nitrogens is 3. The fourth-order valence-corrected chi connectivity index (χ4v) is 2.59. The molecule has 0 aliphatic carbocycles. The van der Waals surface area contributed by atoms with Crippen molar-refractivity contribution in [3.8, 4) is 17.0 Å². The summed E-state index contributed by atoms with van der Waals surface area (Å²) in [6.07, 6.45) is 0. The van der Waals surface area contributed by atoms with E-state index in [0.29, 0.717) is 5.56 Å². The van der Waals surface area contributed by atoms with Crippen LogP contribution in [0.3, 0.4) is 0 Å². The highest BCUT2D eigenvalue weighted by Crippen LogP contribution is 2.28. The molecular weight excluding hydrogens is 264 g/mol. The van der Waals surface area contributed by atoms with Gasteiger partial charge in [-0.05, 0) is 18.1 Å². The average Bonchev–Trinajstić information content (AvgIpc) is 2.72. The third-order valence-corrected chi connectivity index (χ3v) is 3.56. The van der Waals surface area contributed by atoms with E-state index in [1.165, 1.54) is 0 Å². The van der Waals surface area contributed by atoms with E-state index in [9.17, 15) is 9.90 Å². The number of fused-ring (bicyclic) bond motifs is 1. The molecular formula is C12H10N4O2S. The Morgan fingerprint density at radius 2 is 2.11 bits per heavy atom. The first-order chi connectivity index (χ1) is 9.08. The molecule has 0 saturated heterocycles. The summed E-state index contributed by atoms with van der Waals surface area (Å²) in [6.45, 7) is 1.86. The van der Waals surface area contributed by atoms with Gasteiger partial charge in [-0.15, -0.1) is 5.10 Å². The summed E-state index contributed by atoms with van der Waals surface area (Å²) in [5, 5.41) is 14.1. The van der Waals surface area contributed by atoms with E-state index in [1.54, 1.807) is 12.1 Å². The monoisotopic (exact) mass is 274 g/mol. The molecule has 3 rings (SSSR count). The quantitative estimate of drug-likeness (QED) is 0.700. The van der Waals surface area contributed by atoms with Gasteiger partial charge < -0.3 is 10.8 Å². The Hall–Kier alpha value is -2.41. The second-order valence-corrected chi connectivity index (χ2v) is 5.05. The number of nitrogens with two attached hydrogens (primary N) is 1. The number of nitrogens with zero attached hydrogens (tertiary/aromatic N) is 3. The number of aryl methyl sites for hydroxylation is 1. The van der Waals surface area contributed by atoms with Crippen LogP contribution in [0.4, 0.5) is 5.13 Å². The second kappa shape index (κ2) is 4.06. The van der Waals surface area contributed by atoms with Crippen LogP contribution < -0.4 is 11.3 Å². The minimum Gasteiger partial charge on any atom is -0.493 e. The predicted molar refractivity (Wildman–Crippen MR) is 73.4 cm³/mol. The van der Waals surface area contributed by atoms with Crippen molar-refractivity contribution in [2.75, 3.05) is 5.73 Å². The Labute approximate surface area is 111 Å². The van der Waals surface area contributed by atoms with Crippen LogP contribution in [-0.4, -0.2) is 19.7 Å². The summed E-state index contributed by atoms with van der Waals surface area (Å²) in [4.78, 5) is 16.6. The van der Waals surface area contributed by atoms with E-state index >= 15 is 0 Å². The number of nitrogen functional groups attached to an aromatic ring is 1. The summed E-state index contributed by atoms with van der Waals surface area (Å²) in [7, 11) is 0. The second-order valence-electron chi connectivity index (χ2n) is 4.07. The highest BCUT2D eigenvalue weighted by atomic mass is 32.1. The van der Waals surface area contributed by atoms with Gasteiger partial charge in [-0.2, -0.15) is 9.50 Å². The molecule has 0 aliphatic rings. The highest BCUT2D eigenvalue weighted by Gasteiger charge is 2.17. The lowest BCUT2D eigenvalue weighted by molar-refractivity contribution is 0.455. The van der Waals surface area contributed by atoms with Gasteiger partial charge in [0.15, 0.2) is 0 Å². The molecule has 0 fully saturated rings. The van der Waals surface area contributed by atoms with Gasteiger partial charge in [0.05, 0.1) is 0 Å². The Balaban J connectivity index is 2.42. The first-order valence-electron chi connectivity index (χ1n) is 5.52. The van der Waals surface area contributed by atoms with Gasteiger partial charge in [-0.1, -0.05) is 35.6 Å². The SMILES string of the molecule is Cc1ccccc1-c1c(O)nc2sc(N)nn2c1=O. The van der Waals surface area contributed by atoms with Crippen molar-refractivity contribution in [3.63, 3.8) is 0 Å². The molecule has 19 heavy (non-hydrogen) atoms. The molecule has 1 aromatic carbocycles. The fourth-order valence-electron chi connectivity index (χ4n) is 1.94. The zero-order valence-electron chi connectivity index (χ0n) is 9.99. The molecule has 2 heterocycles. The van der Waals surface area contributed by atoms with Crippen LogP contribution in [0.15, 0.2) is 29.1 Å². The van der Waals surface area contributed by atoms with E-state index in [0.717, 1.165) is 21.4 Å². The van der Waals surface area contributed by atoms with Crippen molar-refractivity contribution in [3.05, 3.63) is 40.2 Å². The molecule has 0 spiro atoms. The summed E-state index contributed by atoms with van der Waals surface area (Å²) < 4.78 is 1.11. The zero-order chi connectivity index (χ0) is 13.6. The number of anilines is 1. The molecule has 96 valence electrons. The number of benzene rings is 1. The minimum absolute atomic E-state index is 0.140. The van der Waals surface area contributed by atoms with Gasteiger partial charge in [0.2, 0.25) is 16.0 Å². The van der Waals surface area contributed by atoms with Crippen LogP contribution in [0.2, 0.25) is 0 Å². The molecule has 6 nitrogen and oxygen atoms in total. The fraction of sp³-hybridized carbons (Fsp3) is 0.0833. The Morgan fingerprint density at radius 3 is 2.84 bits per heavy atom. The van der Waals surface area contributed by atoms with Crippen LogP contribution in [0.5, 0.6) is 5.88 Å². The predicted octanol–water partition coefficient (Wildman–Crippen LogP) is 1.41. The van der Waals surface area contributed by atoms with Gasteiger partial charge >= 0.3 is 0 Å². The summed E-state index contributed by atoms with van der Waals surface area (Å²) in [6, 6.07) is 7.28. The topological polar surface area (TPSA) is 93.5 Å². The van der Waals surface area contributed by atoms with E-state index in [4.69, 9.17) is 5.73 Å². The smallest absolute Gasteiger partial charge is 0.287 e. The molecule has 3 N–H and O–H groups in total. The highest BCUT2D eigenvalue weighted by molar-refractivity contribution is 7.20. The Bertz CT molecular complexity index is 837. The molecule has 0 atom stereocenters. The van der Waals surface area contributed by atoms with Crippen molar-refractivity contribution >= 4 is 21.4 Å². The van der Waals surface area contributed by atoms with Crippen molar-refractivity contribution in [2.24, 2.45) is 0 Å². The normalized spacial score (nSPS) is 11.0. The van der Waals surface area contributed by atoms with Gasteiger partial charge in [-0.25, -0.2) is 0 Å². The van der Waals surface area contributed by atoms with Gasteiger partial charge in [0.1, 0.15) is 5.56 Å². The van der Waals surface area contributed by atoms with Crippen molar-refractivity contribution in [2.45, 2.75) is 6.92 Å². The Kier molecular flexibility index (Phi) is 2.49. The number of aromatic hydroxyl groups is 1. The maximum absolute atomic E-state index is 12.4. The number of hydrogen-bond acceptors (Lipinski definition) is 6. The lowest BCUT2D eigenvalue weighted by Crippen LogP contribution is -2.17. The summed E-state index contributed by atoms with van der Waals surface area (Å²) >= 11 is 1.05. The molecule has 2 aromatic heterocycles. The standard InChI is InChI=1S/C12H10N4O2S/c1-6-4-2-3-5-7(6)8-9(17)14-12-16(10(8)18)15-11(13)19-12/h2-5,17H,1H3,(H2,13,15). The van der Waals surface area contributed by atoms with Gasteiger partial charge in [0.25, 0.3) is 5.56 Å². The van der Waals surface area contributed by atoms with Crippen LogP contribution in [0.1, 0.15) is 5.56 Å². The average molecular weight is 274 g/mol. The number of hydrogen-bond donors (Lipinski definition) is 2. The van der Waals surface area contributed by atoms with Crippen LogP contribution in [0.25, 0.3) is 16.1 Å². The zero-order valence-corrected chi connectivity index (χ0v) is 10.8. The first-order valence-corrected chi connectivity index (χ1v) is 6.34. The molecule has 0 aliphatic heterocycles. The summed E-state index contributed by atoms with van der Waals surface area (Å²) in [5.74, 6) is -0.303. The molecule has 0 bridgehead atoms. The molecule has 0 saturated carbocycles. The van der Waals surface area contributed by atoms with Crippen molar-refractivity contribution in [1.82, 2.24) is 14.6 Å². The largest absolute Gasteiger partial charge is 0.493 e. The number of rotatable bonds is 1. The van der Waals surface area contributed by atoms with E-state index in [2.05, 4.69) is 10.1 Å². The van der Waals surface area contributed by atoms with E-state index < -0.39 is 5.56 Å². The lowest BCUT2D eigenvalue weighted by atomic mass is 10.0. The van der Waals surface area contributed by atoms with Crippen molar-refractivity contribution in [1.29, 1.82) is 0 Å². The van der Waals surface area contributed by atoms with Crippen LogP contribution in [-0.2, 0) is 0 Å². The third kappa shape index (κ3) is 1.75. The lowest BCUT2D eigenvalue weighted by Gasteiger charge is -2.06. The molecule has 0 unspecified atom stereocenters. The molecule has 0 radical (unpaired) electrons. The maximum atomic E-state index is 12.4. The third-order valence-electron chi connectivity index (χ3n) is 2.82. The summed E-state index contributed by atoms with van der Waals surface area (Å²) in [5.41, 5.74) is 6.78. The van der Waals surface area contributed by atoms with Crippen LogP contribution in [0, 0.1) is 6.92 Å². The maximum Gasteiger partial charge on any atom is 0.287 e. The van der Waals surface area contributed by atoms with Gasteiger partial charge in [0, 0.05) is 0 Å². The van der Waals surface area contributed by atoms with Crippen LogP contribution >= 0.6 is 11.3 Å². The van der Waals surface area contributed by atoms with E-state index in [1.807, 2.05) is 19.1 Å².